The third-order valence-electron chi connectivity index (χ3n) is 5.37. The molecule has 4 N–H and O–H groups in total. The van der Waals surface area contributed by atoms with Crippen molar-refractivity contribution in [1.29, 1.82) is 0 Å². The van der Waals surface area contributed by atoms with Gasteiger partial charge in [-0.1, -0.05) is 44.2 Å². The van der Waals surface area contributed by atoms with Gasteiger partial charge in [0.05, 0.1) is 12.2 Å². The van der Waals surface area contributed by atoms with Crippen LogP contribution in [0.5, 0.6) is 0 Å². The Morgan fingerprint density at radius 1 is 1.40 bits per heavy atom. The van der Waals surface area contributed by atoms with Gasteiger partial charge in [-0.15, -0.1) is 12.4 Å². The topological polar surface area (TPSA) is 84.6 Å². The average Bonchev–Trinajstić information content (AvgIpc) is 2.55. The van der Waals surface area contributed by atoms with Gasteiger partial charge in [-0.05, 0) is 25.8 Å². The van der Waals surface area contributed by atoms with Crippen LogP contribution in [-0.4, -0.2) is 35.3 Å². The average molecular weight is 371 g/mol. The second-order valence-electron chi connectivity index (χ2n) is 7.38. The van der Waals surface area contributed by atoms with E-state index in [4.69, 9.17) is 10.5 Å². The molecule has 142 valence electrons. The molecule has 0 radical (unpaired) electrons. The molecular formula is C19H31ClN2O3. The fourth-order valence-electron chi connectivity index (χ4n) is 3.38. The molecule has 5 nitrogen and oxygen atoms in total. The summed E-state index contributed by atoms with van der Waals surface area (Å²) < 4.78 is 5.67. The number of nitrogens with one attached hydrogen (secondary N) is 1. The third kappa shape index (κ3) is 4.34. The molecule has 25 heavy (non-hydrogen) atoms. The van der Waals surface area contributed by atoms with Crippen molar-refractivity contribution in [2.24, 2.45) is 11.1 Å². The third-order valence-corrected chi connectivity index (χ3v) is 5.37. The molecule has 1 amide bonds. The van der Waals surface area contributed by atoms with Crippen LogP contribution in [0.1, 0.15) is 52.2 Å². The molecule has 0 bridgehead atoms. The molecule has 0 aliphatic heterocycles. The maximum atomic E-state index is 12.7. The second kappa shape index (κ2) is 8.49. The lowest BCUT2D eigenvalue weighted by Crippen LogP contribution is -2.76. The lowest BCUT2D eigenvalue weighted by molar-refractivity contribution is -0.171. The number of carbonyl (C=O) groups excluding carboxylic acids is 1. The van der Waals surface area contributed by atoms with E-state index in [-0.39, 0.29) is 30.5 Å². The molecule has 1 aromatic carbocycles. The first-order valence-electron chi connectivity index (χ1n) is 8.66. The molecule has 1 aliphatic carbocycles. The number of amides is 1. The number of rotatable bonds is 7. The molecule has 1 fully saturated rings. The van der Waals surface area contributed by atoms with E-state index in [0.29, 0.717) is 19.4 Å². The molecule has 0 spiro atoms. The Morgan fingerprint density at radius 3 is 2.52 bits per heavy atom. The van der Waals surface area contributed by atoms with E-state index in [2.05, 4.69) is 5.32 Å². The van der Waals surface area contributed by atoms with Crippen LogP contribution in [-0.2, 0) is 9.53 Å². The summed E-state index contributed by atoms with van der Waals surface area (Å²) in [6.45, 7) is 8.39. The van der Waals surface area contributed by atoms with Crippen LogP contribution in [0, 0.1) is 5.41 Å². The lowest BCUT2D eigenvalue weighted by Gasteiger charge is -2.57. The molecule has 1 saturated carbocycles. The standard InChI is InChI=1S/C19H30N2O3.ClH/c1-5-24-16-12-19(20,18(16,3)4)17(23)21-13(2)11-15(22)14-9-7-6-8-10-14;/h6-10,13,15-16,22H,5,11-12,20H2,1-4H3,(H,21,23);1H. The maximum Gasteiger partial charge on any atom is 0.241 e. The summed E-state index contributed by atoms with van der Waals surface area (Å²) in [7, 11) is 0. The highest BCUT2D eigenvalue weighted by Crippen LogP contribution is 2.49. The zero-order chi connectivity index (χ0) is 18.0. The number of ether oxygens (including phenoxy) is 1. The van der Waals surface area contributed by atoms with Crippen LogP contribution < -0.4 is 11.1 Å². The Bertz CT molecular complexity index is 567. The van der Waals surface area contributed by atoms with Crippen LogP contribution in [0.15, 0.2) is 30.3 Å². The van der Waals surface area contributed by atoms with Gasteiger partial charge in [0.2, 0.25) is 5.91 Å². The number of hydrogen-bond donors (Lipinski definition) is 3. The van der Waals surface area contributed by atoms with E-state index in [0.717, 1.165) is 5.56 Å². The van der Waals surface area contributed by atoms with Crippen molar-refractivity contribution < 1.29 is 14.6 Å². The van der Waals surface area contributed by atoms with Gasteiger partial charge >= 0.3 is 0 Å². The van der Waals surface area contributed by atoms with Gasteiger partial charge in [-0.2, -0.15) is 0 Å². The molecular weight excluding hydrogens is 340 g/mol. The minimum atomic E-state index is -0.932. The summed E-state index contributed by atoms with van der Waals surface area (Å²) >= 11 is 0. The van der Waals surface area contributed by atoms with Gasteiger partial charge in [0.25, 0.3) is 0 Å². The van der Waals surface area contributed by atoms with Gasteiger partial charge in [0.1, 0.15) is 5.54 Å². The largest absolute Gasteiger partial charge is 0.388 e. The second-order valence-corrected chi connectivity index (χ2v) is 7.38. The summed E-state index contributed by atoms with van der Waals surface area (Å²) in [6.07, 6.45) is 0.360. The molecule has 0 heterocycles. The number of halogens is 1. The van der Waals surface area contributed by atoms with E-state index in [1.165, 1.54) is 0 Å². The van der Waals surface area contributed by atoms with E-state index in [1.54, 1.807) is 0 Å². The Kier molecular flexibility index (Phi) is 7.44. The first-order valence-corrected chi connectivity index (χ1v) is 8.66. The van der Waals surface area contributed by atoms with Crippen LogP contribution in [0.25, 0.3) is 0 Å². The van der Waals surface area contributed by atoms with Crippen molar-refractivity contribution in [3.63, 3.8) is 0 Å². The minimum absolute atomic E-state index is 0. The van der Waals surface area contributed by atoms with Gasteiger partial charge < -0.3 is 20.9 Å². The number of benzene rings is 1. The van der Waals surface area contributed by atoms with Gasteiger partial charge in [-0.25, -0.2) is 0 Å². The number of nitrogens with two attached hydrogens (primary N) is 1. The number of hydrogen-bond acceptors (Lipinski definition) is 4. The smallest absolute Gasteiger partial charge is 0.241 e. The highest BCUT2D eigenvalue weighted by atomic mass is 35.5. The minimum Gasteiger partial charge on any atom is -0.388 e. The predicted molar refractivity (Wildman–Crippen MR) is 102 cm³/mol. The zero-order valence-corrected chi connectivity index (χ0v) is 16.3. The molecule has 1 aromatic rings. The maximum absolute atomic E-state index is 12.7. The summed E-state index contributed by atoms with van der Waals surface area (Å²) in [6, 6.07) is 9.28. The van der Waals surface area contributed by atoms with Crippen molar-refractivity contribution >= 4 is 18.3 Å². The number of aliphatic hydroxyl groups is 1. The Morgan fingerprint density at radius 2 is 2.00 bits per heavy atom. The van der Waals surface area contributed by atoms with Gasteiger partial charge in [0, 0.05) is 24.5 Å². The van der Waals surface area contributed by atoms with Crippen molar-refractivity contribution in [1.82, 2.24) is 5.32 Å². The fourth-order valence-corrected chi connectivity index (χ4v) is 3.38. The van der Waals surface area contributed by atoms with E-state index in [9.17, 15) is 9.90 Å². The summed E-state index contributed by atoms with van der Waals surface area (Å²) in [5, 5.41) is 13.3. The number of carbonyl (C=O) groups is 1. The zero-order valence-electron chi connectivity index (χ0n) is 15.5. The van der Waals surface area contributed by atoms with E-state index in [1.807, 2.05) is 58.0 Å². The van der Waals surface area contributed by atoms with Crippen LogP contribution in [0.4, 0.5) is 0 Å². The van der Waals surface area contributed by atoms with Gasteiger partial charge in [0.15, 0.2) is 0 Å². The Labute approximate surface area is 156 Å². The fraction of sp³-hybridized carbons (Fsp3) is 0.632. The van der Waals surface area contributed by atoms with Crippen molar-refractivity contribution in [2.75, 3.05) is 6.61 Å². The monoisotopic (exact) mass is 370 g/mol. The molecule has 1 aliphatic rings. The quantitative estimate of drug-likeness (QED) is 0.688. The Hall–Kier alpha value is -1.14. The highest BCUT2D eigenvalue weighted by Gasteiger charge is 2.62. The van der Waals surface area contributed by atoms with Crippen molar-refractivity contribution in [3.8, 4) is 0 Å². The van der Waals surface area contributed by atoms with Crippen molar-refractivity contribution in [2.45, 2.75) is 64.3 Å². The summed E-state index contributed by atoms with van der Waals surface area (Å²) in [5.74, 6) is -0.170. The van der Waals surface area contributed by atoms with E-state index < -0.39 is 17.1 Å². The predicted octanol–water partition coefficient (Wildman–Crippen LogP) is 2.57. The van der Waals surface area contributed by atoms with Crippen LogP contribution in [0.3, 0.4) is 0 Å². The highest BCUT2D eigenvalue weighted by molar-refractivity contribution is 5.89. The number of aliphatic hydroxyl groups excluding tert-OH is 1. The first-order chi connectivity index (χ1) is 11.2. The first kappa shape index (κ1) is 21.9. The SMILES string of the molecule is CCOC1CC(N)(C(=O)NC(C)CC(O)c2ccccc2)C1(C)C.Cl. The summed E-state index contributed by atoms with van der Waals surface area (Å²) in [4.78, 5) is 12.7. The Balaban J connectivity index is 0.00000312. The van der Waals surface area contributed by atoms with Crippen LogP contribution >= 0.6 is 12.4 Å². The molecule has 0 aromatic heterocycles. The van der Waals surface area contributed by atoms with E-state index >= 15 is 0 Å². The van der Waals surface area contributed by atoms with Crippen molar-refractivity contribution in [3.05, 3.63) is 35.9 Å². The summed E-state index contributed by atoms with van der Waals surface area (Å²) in [5.41, 5.74) is 5.89. The molecule has 0 saturated heterocycles. The molecule has 2 rings (SSSR count). The molecule has 4 atom stereocenters. The molecule has 6 heteroatoms. The molecule has 4 unspecified atom stereocenters. The van der Waals surface area contributed by atoms with Gasteiger partial charge in [-0.3, -0.25) is 4.79 Å². The van der Waals surface area contributed by atoms with Crippen LogP contribution in [0.2, 0.25) is 0 Å². The lowest BCUT2D eigenvalue weighted by atomic mass is 9.54. The normalized spacial score (nSPS) is 26.7.